The number of carbonyl (C=O) groups excluding carboxylic acids is 2. The molecule has 5 heteroatoms. The zero-order valence-electron chi connectivity index (χ0n) is 11.2. The first kappa shape index (κ1) is 15.2. The van der Waals surface area contributed by atoms with E-state index in [2.05, 4.69) is 10.6 Å². The molecule has 1 atom stereocenters. The van der Waals surface area contributed by atoms with E-state index in [4.69, 9.17) is 5.73 Å². The number of nitrogens with two attached hydrogens (primary N) is 1. The van der Waals surface area contributed by atoms with Gasteiger partial charge in [0.05, 0.1) is 6.54 Å². The molecule has 0 saturated carbocycles. The Morgan fingerprint density at radius 3 is 2.47 bits per heavy atom. The minimum atomic E-state index is -0.347. The minimum Gasteiger partial charge on any atom is -0.355 e. The molecular weight excluding hydrogens is 242 g/mol. The van der Waals surface area contributed by atoms with Gasteiger partial charge >= 0.3 is 0 Å². The molecule has 19 heavy (non-hydrogen) atoms. The molecule has 5 nitrogen and oxygen atoms in total. The van der Waals surface area contributed by atoms with Gasteiger partial charge < -0.3 is 16.4 Å². The van der Waals surface area contributed by atoms with Crippen LogP contribution in [0.3, 0.4) is 0 Å². The zero-order valence-corrected chi connectivity index (χ0v) is 11.2. The maximum atomic E-state index is 11.6. The molecule has 0 fully saturated rings. The van der Waals surface area contributed by atoms with E-state index in [0.717, 1.165) is 12.0 Å². The van der Waals surface area contributed by atoms with Gasteiger partial charge in [-0.05, 0) is 12.0 Å². The molecule has 0 saturated heterocycles. The molecule has 0 aliphatic heterocycles. The quantitative estimate of drug-likeness (QED) is 0.677. The number of carbonyl (C=O) groups is 2. The second kappa shape index (κ2) is 8.26. The van der Waals surface area contributed by atoms with Gasteiger partial charge in [0.1, 0.15) is 0 Å². The lowest BCUT2D eigenvalue weighted by Crippen LogP contribution is -2.38. The summed E-state index contributed by atoms with van der Waals surface area (Å²) in [5.74, 6) is -0.397. The molecule has 0 bridgehead atoms. The van der Waals surface area contributed by atoms with Crippen molar-refractivity contribution in [3.63, 3.8) is 0 Å². The van der Waals surface area contributed by atoms with Crippen molar-refractivity contribution in [2.45, 2.75) is 25.8 Å². The third-order valence-corrected chi connectivity index (χ3v) is 2.65. The Morgan fingerprint density at radius 1 is 1.16 bits per heavy atom. The monoisotopic (exact) mass is 263 g/mol. The van der Waals surface area contributed by atoms with Crippen LogP contribution in [0.2, 0.25) is 0 Å². The summed E-state index contributed by atoms with van der Waals surface area (Å²) in [5.41, 5.74) is 6.83. The molecule has 104 valence electrons. The van der Waals surface area contributed by atoms with E-state index in [-0.39, 0.29) is 30.8 Å². The molecule has 1 aromatic carbocycles. The third-order valence-electron chi connectivity index (χ3n) is 2.65. The van der Waals surface area contributed by atoms with Crippen LogP contribution in [-0.2, 0) is 9.59 Å². The summed E-state index contributed by atoms with van der Waals surface area (Å²) in [5, 5.41) is 5.25. The Morgan fingerprint density at radius 2 is 1.84 bits per heavy atom. The first-order valence-electron chi connectivity index (χ1n) is 6.47. The number of amides is 2. The Hall–Kier alpha value is -1.88. The summed E-state index contributed by atoms with van der Waals surface area (Å²) < 4.78 is 0. The van der Waals surface area contributed by atoms with Gasteiger partial charge in [-0.2, -0.15) is 0 Å². The molecule has 2 amide bonds. The number of hydrogen-bond acceptors (Lipinski definition) is 3. The van der Waals surface area contributed by atoms with Crippen LogP contribution in [-0.4, -0.2) is 24.9 Å². The molecule has 0 aliphatic carbocycles. The smallest absolute Gasteiger partial charge is 0.239 e. The lowest BCUT2D eigenvalue weighted by molar-refractivity contribution is -0.126. The highest BCUT2D eigenvalue weighted by atomic mass is 16.2. The van der Waals surface area contributed by atoms with E-state index in [0.29, 0.717) is 6.54 Å². The van der Waals surface area contributed by atoms with Gasteiger partial charge in [0.15, 0.2) is 0 Å². The topological polar surface area (TPSA) is 84.2 Å². The number of nitrogens with one attached hydrogen (secondary N) is 2. The molecule has 0 aliphatic rings. The van der Waals surface area contributed by atoms with Gasteiger partial charge in [0.2, 0.25) is 11.8 Å². The average molecular weight is 263 g/mol. The van der Waals surface area contributed by atoms with Crippen LogP contribution >= 0.6 is 0 Å². The first-order valence-corrected chi connectivity index (χ1v) is 6.47. The van der Waals surface area contributed by atoms with Gasteiger partial charge in [0.25, 0.3) is 0 Å². The first-order chi connectivity index (χ1) is 9.13. The SMILES string of the molecule is CCCNC(=O)CNC(=O)CC(N)c1ccccc1. The predicted octanol–water partition coefficient (Wildman–Crippen LogP) is 0.719. The van der Waals surface area contributed by atoms with E-state index in [1.54, 1.807) is 0 Å². The van der Waals surface area contributed by atoms with Crippen molar-refractivity contribution >= 4 is 11.8 Å². The molecule has 0 aromatic heterocycles. The molecule has 4 N–H and O–H groups in total. The largest absolute Gasteiger partial charge is 0.355 e. The molecule has 1 aromatic rings. The van der Waals surface area contributed by atoms with Gasteiger partial charge in [-0.15, -0.1) is 0 Å². The number of benzene rings is 1. The average Bonchev–Trinajstić information content (AvgIpc) is 2.43. The highest BCUT2D eigenvalue weighted by Gasteiger charge is 2.11. The van der Waals surface area contributed by atoms with Gasteiger partial charge in [-0.3, -0.25) is 9.59 Å². The maximum absolute atomic E-state index is 11.6. The van der Waals surface area contributed by atoms with E-state index in [1.165, 1.54) is 0 Å². The van der Waals surface area contributed by atoms with Crippen LogP contribution in [0.25, 0.3) is 0 Å². The minimum absolute atomic E-state index is 0.000340. The van der Waals surface area contributed by atoms with Crippen molar-refractivity contribution in [3.8, 4) is 0 Å². The van der Waals surface area contributed by atoms with Crippen molar-refractivity contribution in [3.05, 3.63) is 35.9 Å². The summed E-state index contributed by atoms with van der Waals surface area (Å²) in [6.45, 7) is 2.59. The molecular formula is C14H21N3O2. The summed E-state index contributed by atoms with van der Waals surface area (Å²) in [6, 6.07) is 9.07. The van der Waals surface area contributed by atoms with Crippen LogP contribution in [0.1, 0.15) is 31.4 Å². The van der Waals surface area contributed by atoms with Crippen LogP contribution in [0.5, 0.6) is 0 Å². The normalized spacial score (nSPS) is 11.7. The summed E-state index contributed by atoms with van der Waals surface area (Å²) in [7, 11) is 0. The van der Waals surface area contributed by atoms with Crippen molar-refractivity contribution in [2.24, 2.45) is 5.73 Å². The van der Waals surface area contributed by atoms with E-state index in [1.807, 2.05) is 37.3 Å². The highest BCUT2D eigenvalue weighted by Crippen LogP contribution is 2.12. The van der Waals surface area contributed by atoms with Crippen molar-refractivity contribution in [1.82, 2.24) is 10.6 Å². The summed E-state index contributed by atoms with van der Waals surface area (Å²) >= 11 is 0. The Bertz CT molecular complexity index is 406. The fourth-order valence-electron chi connectivity index (χ4n) is 1.60. The van der Waals surface area contributed by atoms with Crippen molar-refractivity contribution in [1.29, 1.82) is 0 Å². The summed E-state index contributed by atoms with van der Waals surface area (Å²) in [6.07, 6.45) is 1.05. The fraction of sp³-hybridized carbons (Fsp3) is 0.429. The third kappa shape index (κ3) is 6.01. The highest BCUT2D eigenvalue weighted by molar-refractivity contribution is 5.84. The van der Waals surface area contributed by atoms with Crippen LogP contribution in [0.4, 0.5) is 0 Å². The van der Waals surface area contributed by atoms with E-state index < -0.39 is 0 Å². The molecule has 0 heterocycles. The Kier molecular flexibility index (Phi) is 6.60. The lowest BCUT2D eigenvalue weighted by atomic mass is 10.0. The zero-order chi connectivity index (χ0) is 14.1. The molecule has 0 radical (unpaired) electrons. The van der Waals surface area contributed by atoms with Gasteiger partial charge in [-0.25, -0.2) is 0 Å². The Balaban J connectivity index is 2.29. The standard InChI is InChI=1S/C14H21N3O2/c1-2-8-16-14(19)10-17-13(18)9-12(15)11-6-4-3-5-7-11/h3-7,12H,2,8-10,15H2,1H3,(H,16,19)(H,17,18). The second-order valence-corrected chi connectivity index (χ2v) is 4.35. The lowest BCUT2D eigenvalue weighted by Gasteiger charge is -2.12. The molecule has 1 rings (SSSR count). The van der Waals surface area contributed by atoms with Crippen LogP contribution in [0, 0.1) is 0 Å². The number of rotatable bonds is 7. The van der Waals surface area contributed by atoms with Crippen LogP contribution < -0.4 is 16.4 Å². The maximum Gasteiger partial charge on any atom is 0.239 e. The molecule has 0 spiro atoms. The van der Waals surface area contributed by atoms with E-state index in [9.17, 15) is 9.59 Å². The van der Waals surface area contributed by atoms with Crippen LogP contribution in [0.15, 0.2) is 30.3 Å². The van der Waals surface area contributed by atoms with Crippen molar-refractivity contribution < 1.29 is 9.59 Å². The number of hydrogen-bond donors (Lipinski definition) is 3. The Labute approximate surface area is 113 Å². The second-order valence-electron chi connectivity index (χ2n) is 4.35. The fourth-order valence-corrected chi connectivity index (χ4v) is 1.60. The van der Waals surface area contributed by atoms with Gasteiger partial charge in [0, 0.05) is 19.0 Å². The van der Waals surface area contributed by atoms with Crippen molar-refractivity contribution in [2.75, 3.05) is 13.1 Å². The molecule has 1 unspecified atom stereocenters. The summed E-state index contributed by atoms with van der Waals surface area (Å²) in [4.78, 5) is 22.9. The predicted molar refractivity (Wildman–Crippen MR) is 74.3 cm³/mol. The van der Waals surface area contributed by atoms with E-state index >= 15 is 0 Å². The van der Waals surface area contributed by atoms with Gasteiger partial charge in [-0.1, -0.05) is 37.3 Å².